The number of benzene rings is 2. The van der Waals surface area contributed by atoms with Gasteiger partial charge in [-0.15, -0.1) is 0 Å². The summed E-state index contributed by atoms with van der Waals surface area (Å²) in [5.41, 5.74) is 0.303. The number of aromatic nitrogens is 2. The molecular weight excluding hydrogens is 416 g/mol. The molecule has 1 aliphatic heterocycles. The molecule has 9 heteroatoms. The van der Waals surface area contributed by atoms with Crippen LogP contribution in [0.3, 0.4) is 0 Å². The van der Waals surface area contributed by atoms with Gasteiger partial charge in [0, 0.05) is 11.6 Å². The number of amides is 1. The summed E-state index contributed by atoms with van der Waals surface area (Å²) in [7, 11) is 0. The minimum atomic E-state index is -0.967. The molecular formula is C21H18ClF2N3O3. The molecule has 0 saturated carbocycles. The molecule has 0 spiro atoms. The van der Waals surface area contributed by atoms with Crippen LogP contribution in [-0.4, -0.2) is 29.1 Å². The molecule has 30 heavy (non-hydrogen) atoms. The van der Waals surface area contributed by atoms with E-state index in [0.717, 1.165) is 12.1 Å². The number of ether oxygens (including phenoxy) is 2. The summed E-state index contributed by atoms with van der Waals surface area (Å²) in [5, 5.41) is 2.71. The number of anilines is 1. The largest absolute Gasteiger partial charge is 0.486 e. The molecule has 0 bridgehead atoms. The first kappa shape index (κ1) is 21.4. The lowest BCUT2D eigenvalue weighted by Gasteiger charge is -2.19. The first-order valence-corrected chi connectivity index (χ1v) is 9.57. The number of halogens is 3. The van der Waals surface area contributed by atoms with Crippen LogP contribution in [0, 0.1) is 11.6 Å². The average Bonchev–Trinajstić information content (AvgIpc) is 2.75. The van der Waals surface area contributed by atoms with Gasteiger partial charge < -0.3 is 14.8 Å². The zero-order valence-corrected chi connectivity index (χ0v) is 17.0. The normalized spacial score (nSPS) is 11.9. The Kier molecular flexibility index (Phi) is 6.79. The Morgan fingerprint density at radius 1 is 1.03 bits per heavy atom. The van der Waals surface area contributed by atoms with Crippen LogP contribution in [0.1, 0.15) is 24.2 Å². The van der Waals surface area contributed by atoms with Crippen molar-refractivity contribution in [2.24, 2.45) is 0 Å². The van der Waals surface area contributed by atoms with Crippen LogP contribution in [0.15, 0.2) is 42.7 Å². The zero-order valence-electron chi connectivity index (χ0n) is 16.2. The van der Waals surface area contributed by atoms with E-state index in [-0.39, 0.29) is 5.82 Å². The van der Waals surface area contributed by atoms with Gasteiger partial charge in [-0.3, -0.25) is 9.78 Å². The van der Waals surface area contributed by atoms with Crippen molar-refractivity contribution in [1.82, 2.24) is 9.97 Å². The van der Waals surface area contributed by atoms with Gasteiger partial charge >= 0.3 is 0 Å². The second kappa shape index (κ2) is 9.49. The van der Waals surface area contributed by atoms with Crippen LogP contribution in [-0.2, 0) is 0 Å². The number of nitrogens with one attached hydrogen (secondary N) is 1. The summed E-state index contributed by atoms with van der Waals surface area (Å²) in [5.74, 6) is -1.78. The van der Waals surface area contributed by atoms with Crippen molar-refractivity contribution in [3.63, 3.8) is 0 Å². The molecule has 1 aliphatic rings. The molecule has 1 amide bonds. The minimum absolute atomic E-state index is 0.0325. The van der Waals surface area contributed by atoms with Gasteiger partial charge in [-0.2, -0.15) is 0 Å². The van der Waals surface area contributed by atoms with E-state index in [1.54, 1.807) is 12.1 Å². The summed E-state index contributed by atoms with van der Waals surface area (Å²) < 4.78 is 38.4. The van der Waals surface area contributed by atoms with Gasteiger partial charge in [0.1, 0.15) is 30.4 Å². The molecule has 0 saturated heterocycles. The fourth-order valence-electron chi connectivity index (χ4n) is 2.69. The van der Waals surface area contributed by atoms with E-state index in [0.29, 0.717) is 41.0 Å². The van der Waals surface area contributed by atoms with Gasteiger partial charge in [0.15, 0.2) is 17.3 Å². The fraction of sp³-hybridized carbons (Fsp3) is 0.190. The van der Waals surface area contributed by atoms with Crippen LogP contribution >= 0.6 is 11.6 Å². The van der Waals surface area contributed by atoms with Crippen LogP contribution in [0.25, 0.3) is 11.3 Å². The third-order valence-corrected chi connectivity index (χ3v) is 4.30. The first-order chi connectivity index (χ1) is 14.5. The van der Waals surface area contributed by atoms with Gasteiger partial charge in [-0.1, -0.05) is 31.5 Å². The van der Waals surface area contributed by atoms with Gasteiger partial charge in [-0.05, 0) is 18.2 Å². The minimum Gasteiger partial charge on any atom is -0.486 e. The molecule has 0 fully saturated rings. The third kappa shape index (κ3) is 4.49. The van der Waals surface area contributed by atoms with Crippen molar-refractivity contribution in [1.29, 1.82) is 0 Å². The lowest BCUT2D eigenvalue weighted by atomic mass is 10.1. The molecule has 3 aromatic rings. The summed E-state index contributed by atoms with van der Waals surface area (Å²) in [6.07, 6.45) is 2.64. The van der Waals surface area contributed by atoms with E-state index in [1.807, 2.05) is 13.8 Å². The maximum atomic E-state index is 13.7. The Labute approximate surface area is 176 Å². The standard InChI is InChI=1S/C19H12ClF2N3O3.C2H6/c20-11-7-16-15(27-4-5-28-16)6-10(11)14-8-24-17(9-23-14)25-19(26)18-12(21)2-1-3-13(18)22;1-2/h1-3,6-9H,4-5H2,(H,24,25,26);1-2H3. The Morgan fingerprint density at radius 2 is 1.67 bits per heavy atom. The van der Waals surface area contributed by atoms with Crippen LogP contribution in [0.5, 0.6) is 11.5 Å². The van der Waals surface area contributed by atoms with Crippen molar-refractivity contribution < 1.29 is 23.0 Å². The average molecular weight is 434 g/mol. The lowest BCUT2D eigenvalue weighted by molar-refractivity contribution is 0.101. The predicted octanol–water partition coefficient (Wildman–Crippen LogP) is 5.12. The Hall–Kier alpha value is -3.26. The highest BCUT2D eigenvalue weighted by molar-refractivity contribution is 6.33. The summed E-state index contributed by atoms with van der Waals surface area (Å²) in [6.45, 7) is 4.87. The monoisotopic (exact) mass is 433 g/mol. The van der Waals surface area contributed by atoms with Crippen molar-refractivity contribution in [2.45, 2.75) is 13.8 Å². The Bertz CT molecular complexity index is 1040. The number of carbonyl (C=O) groups excluding carboxylic acids is 1. The highest BCUT2D eigenvalue weighted by atomic mass is 35.5. The van der Waals surface area contributed by atoms with Crippen molar-refractivity contribution in [3.8, 4) is 22.8 Å². The second-order valence-corrected chi connectivity index (χ2v) is 6.22. The van der Waals surface area contributed by atoms with Gasteiger partial charge in [0.05, 0.1) is 23.1 Å². The van der Waals surface area contributed by atoms with E-state index in [1.165, 1.54) is 18.5 Å². The summed E-state index contributed by atoms with van der Waals surface area (Å²) >= 11 is 6.28. The van der Waals surface area contributed by atoms with Crippen LogP contribution in [0.2, 0.25) is 5.02 Å². The quantitative estimate of drug-likeness (QED) is 0.620. The highest BCUT2D eigenvalue weighted by Crippen LogP contribution is 2.39. The maximum absolute atomic E-state index is 13.7. The van der Waals surface area contributed by atoms with Crippen LogP contribution in [0.4, 0.5) is 14.6 Å². The number of nitrogens with zero attached hydrogens (tertiary/aromatic N) is 2. The predicted molar refractivity (Wildman–Crippen MR) is 109 cm³/mol. The SMILES string of the molecule is CC.O=C(Nc1cnc(-c2cc3c(cc2Cl)OCCO3)cn1)c1c(F)cccc1F. The number of hydrogen-bond donors (Lipinski definition) is 1. The van der Waals surface area contributed by atoms with E-state index in [9.17, 15) is 13.6 Å². The molecule has 2 aromatic carbocycles. The summed E-state index contributed by atoms with van der Waals surface area (Å²) in [6, 6.07) is 6.48. The maximum Gasteiger partial charge on any atom is 0.262 e. The van der Waals surface area contributed by atoms with Gasteiger partial charge in [-0.25, -0.2) is 13.8 Å². The van der Waals surface area contributed by atoms with Crippen molar-refractivity contribution in [2.75, 3.05) is 18.5 Å². The van der Waals surface area contributed by atoms with Gasteiger partial charge in [0.25, 0.3) is 5.91 Å². The van der Waals surface area contributed by atoms with E-state index >= 15 is 0 Å². The van der Waals surface area contributed by atoms with E-state index in [2.05, 4.69) is 15.3 Å². The molecule has 2 heterocycles. The van der Waals surface area contributed by atoms with Gasteiger partial charge in [0.2, 0.25) is 0 Å². The first-order valence-electron chi connectivity index (χ1n) is 9.20. The highest BCUT2D eigenvalue weighted by Gasteiger charge is 2.19. The number of fused-ring (bicyclic) bond motifs is 1. The molecule has 0 unspecified atom stereocenters. The number of rotatable bonds is 3. The van der Waals surface area contributed by atoms with Crippen molar-refractivity contribution >= 4 is 23.3 Å². The molecule has 1 N–H and O–H groups in total. The second-order valence-electron chi connectivity index (χ2n) is 5.81. The topological polar surface area (TPSA) is 73.3 Å². The molecule has 0 atom stereocenters. The lowest BCUT2D eigenvalue weighted by Crippen LogP contribution is -2.17. The summed E-state index contributed by atoms with van der Waals surface area (Å²) in [4.78, 5) is 20.4. The molecule has 156 valence electrons. The Morgan fingerprint density at radius 3 is 2.27 bits per heavy atom. The smallest absolute Gasteiger partial charge is 0.262 e. The van der Waals surface area contributed by atoms with E-state index in [4.69, 9.17) is 21.1 Å². The molecule has 6 nitrogen and oxygen atoms in total. The molecule has 1 aromatic heterocycles. The fourth-order valence-corrected chi connectivity index (χ4v) is 2.94. The third-order valence-electron chi connectivity index (χ3n) is 3.99. The Balaban J connectivity index is 0.00000124. The number of carbonyl (C=O) groups is 1. The molecule has 4 rings (SSSR count). The van der Waals surface area contributed by atoms with Crippen molar-refractivity contribution in [3.05, 3.63) is 64.9 Å². The molecule has 0 aliphatic carbocycles. The van der Waals surface area contributed by atoms with E-state index < -0.39 is 23.1 Å². The van der Waals surface area contributed by atoms with Crippen LogP contribution < -0.4 is 14.8 Å². The molecule has 0 radical (unpaired) electrons. The zero-order chi connectivity index (χ0) is 21.7. The number of hydrogen-bond acceptors (Lipinski definition) is 5.